The lowest BCUT2D eigenvalue weighted by Gasteiger charge is -2.20. The fraction of sp³-hybridized carbons (Fsp3) is 0.214. The van der Waals surface area contributed by atoms with Crippen molar-refractivity contribution in [2.45, 2.75) is 13.5 Å². The van der Waals surface area contributed by atoms with Crippen LogP contribution in [0.25, 0.3) is 0 Å². The molecule has 0 unspecified atom stereocenters. The fourth-order valence-electron chi connectivity index (χ4n) is 2.01. The van der Waals surface area contributed by atoms with Crippen LogP contribution in [0.3, 0.4) is 0 Å². The van der Waals surface area contributed by atoms with E-state index in [1.54, 1.807) is 12.3 Å². The van der Waals surface area contributed by atoms with E-state index in [0.29, 0.717) is 24.1 Å². The largest absolute Gasteiger partial charge is 0.469 e. The Morgan fingerprint density at radius 2 is 2.15 bits per heavy atom. The number of furan rings is 1. The number of rotatable bonds is 5. The van der Waals surface area contributed by atoms with E-state index in [-0.39, 0.29) is 5.69 Å². The average molecular weight is 274 g/mol. The maximum atomic E-state index is 11.1. The first-order chi connectivity index (χ1) is 9.52. The summed E-state index contributed by atoms with van der Waals surface area (Å²) in [4.78, 5) is 23.2. The minimum Gasteiger partial charge on any atom is -0.469 e. The van der Waals surface area contributed by atoms with Gasteiger partial charge in [-0.15, -0.1) is 0 Å². The molecule has 0 aliphatic heterocycles. The van der Waals surface area contributed by atoms with Gasteiger partial charge in [-0.25, -0.2) is 0 Å². The number of hydrogen-bond donors (Lipinski definition) is 0. The highest BCUT2D eigenvalue weighted by atomic mass is 16.6. The van der Waals surface area contributed by atoms with Gasteiger partial charge in [0.2, 0.25) is 0 Å². The van der Waals surface area contributed by atoms with Gasteiger partial charge in [0.25, 0.3) is 5.69 Å². The smallest absolute Gasteiger partial charge is 0.270 e. The molecule has 0 atom stereocenters. The summed E-state index contributed by atoms with van der Waals surface area (Å²) < 4.78 is 5.22. The highest BCUT2D eigenvalue weighted by Crippen LogP contribution is 2.25. The number of carbonyl (C=O) groups is 1. The van der Waals surface area contributed by atoms with Gasteiger partial charge >= 0.3 is 0 Å². The Kier molecular flexibility index (Phi) is 3.84. The second-order valence-corrected chi connectivity index (χ2v) is 4.48. The Balaban J connectivity index is 2.30. The molecule has 1 heterocycles. The summed E-state index contributed by atoms with van der Waals surface area (Å²) in [6.07, 6.45) is 2.23. The summed E-state index contributed by atoms with van der Waals surface area (Å²) >= 11 is 0. The predicted octanol–water partition coefficient (Wildman–Crippen LogP) is 2.95. The molecule has 6 heteroatoms. The van der Waals surface area contributed by atoms with E-state index < -0.39 is 4.92 Å². The van der Waals surface area contributed by atoms with Gasteiger partial charge in [0, 0.05) is 42.5 Å². The molecule has 0 bridgehead atoms. The number of aryl methyl sites for hydroxylation is 1. The van der Waals surface area contributed by atoms with Crippen LogP contribution in [0.4, 0.5) is 11.4 Å². The van der Waals surface area contributed by atoms with Crippen LogP contribution < -0.4 is 4.90 Å². The minimum atomic E-state index is -0.517. The number of non-ortho nitro benzene ring substituents is 1. The number of hydrogen-bond acceptors (Lipinski definition) is 5. The molecular weight excluding hydrogens is 260 g/mol. The number of nitrogens with zero attached hydrogens (tertiary/aromatic N) is 2. The summed E-state index contributed by atoms with van der Waals surface area (Å²) in [5.74, 6) is 0.811. The van der Waals surface area contributed by atoms with Gasteiger partial charge in [-0.05, 0) is 19.1 Å². The van der Waals surface area contributed by atoms with E-state index in [2.05, 4.69) is 0 Å². The fourth-order valence-corrected chi connectivity index (χ4v) is 2.01. The molecule has 0 radical (unpaired) electrons. The predicted molar refractivity (Wildman–Crippen MR) is 74.0 cm³/mol. The molecule has 20 heavy (non-hydrogen) atoms. The molecule has 6 nitrogen and oxygen atoms in total. The Bertz CT molecular complexity index is 648. The zero-order valence-corrected chi connectivity index (χ0v) is 11.2. The van der Waals surface area contributed by atoms with Crippen LogP contribution in [0.2, 0.25) is 0 Å². The van der Waals surface area contributed by atoms with Crippen LogP contribution in [0.15, 0.2) is 34.9 Å². The van der Waals surface area contributed by atoms with E-state index in [4.69, 9.17) is 4.42 Å². The van der Waals surface area contributed by atoms with Crippen molar-refractivity contribution in [1.82, 2.24) is 0 Å². The lowest BCUT2D eigenvalue weighted by Crippen LogP contribution is -2.18. The van der Waals surface area contributed by atoms with Crippen LogP contribution in [0.1, 0.15) is 21.7 Å². The van der Waals surface area contributed by atoms with Crippen LogP contribution in [0.5, 0.6) is 0 Å². The second-order valence-electron chi connectivity index (χ2n) is 4.48. The van der Waals surface area contributed by atoms with E-state index in [9.17, 15) is 14.9 Å². The number of nitro groups is 1. The van der Waals surface area contributed by atoms with E-state index in [0.717, 1.165) is 11.3 Å². The number of carbonyl (C=O) groups excluding carboxylic acids is 1. The standard InChI is InChI=1S/C14H14N2O4/c1-10-11(5-6-20-10)8-15(2)14-4-3-13(16(18)19)7-12(14)9-17/h3-7,9H,8H2,1-2H3. The van der Waals surface area contributed by atoms with Crippen molar-refractivity contribution in [2.75, 3.05) is 11.9 Å². The zero-order valence-electron chi connectivity index (χ0n) is 11.2. The first kappa shape index (κ1) is 13.8. The maximum absolute atomic E-state index is 11.1. The number of anilines is 1. The van der Waals surface area contributed by atoms with Crippen molar-refractivity contribution in [2.24, 2.45) is 0 Å². The highest BCUT2D eigenvalue weighted by Gasteiger charge is 2.14. The topological polar surface area (TPSA) is 76.6 Å². The lowest BCUT2D eigenvalue weighted by atomic mass is 10.1. The van der Waals surface area contributed by atoms with Gasteiger partial charge in [-0.3, -0.25) is 14.9 Å². The van der Waals surface area contributed by atoms with Crippen LogP contribution in [0, 0.1) is 17.0 Å². The summed E-state index contributed by atoms with van der Waals surface area (Å²) in [6.45, 7) is 2.42. The van der Waals surface area contributed by atoms with Crippen LogP contribution in [-0.2, 0) is 6.54 Å². The summed E-state index contributed by atoms with van der Waals surface area (Å²) in [5.41, 5.74) is 1.85. The van der Waals surface area contributed by atoms with Crippen molar-refractivity contribution < 1.29 is 14.1 Å². The normalized spacial score (nSPS) is 10.3. The molecular formula is C14H14N2O4. The van der Waals surface area contributed by atoms with Gasteiger partial charge in [0.05, 0.1) is 11.2 Å². The number of nitro benzene ring substituents is 1. The molecule has 0 N–H and O–H groups in total. The Morgan fingerprint density at radius 3 is 2.70 bits per heavy atom. The van der Waals surface area contributed by atoms with E-state index in [1.165, 1.54) is 12.1 Å². The maximum Gasteiger partial charge on any atom is 0.270 e. The SMILES string of the molecule is Cc1occc1CN(C)c1ccc([N+](=O)[O-])cc1C=O. The quantitative estimate of drug-likeness (QED) is 0.476. The van der Waals surface area contributed by atoms with E-state index in [1.807, 2.05) is 24.9 Å². The van der Waals surface area contributed by atoms with Crippen molar-refractivity contribution in [3.8, 4) is 0 Å². The molecule has 2 rings (SSSR count). The van der Waals surface area contributed by atoms with E-state index >= 15 is 0 Å². The summed E-state index contributed by atoms with van der Waals surface area (Å²) in [5, 5.41) is 10.7. The summed E-state index contributed by atoms with van der Waals surface area (Å²) in [6, 6.07) is 6.11. The first-order valence-corrected chi connectivity index (χ1v) is 6.00. The molecule has 0 amide bonds. The Labute approximate surface area is 115 Å². The molecule has 0 aliphatic carbocycles. The Morgan fingerprint density at radius 1 is 1.40 bits per heavy atom. The van der Waals surface area contributed by atoms with Crippen molar-refractivity contribution in [3.05, 3.63) is 57.5 Å². The lowest BCUT2D eigenvalue weighted by molar-refractivity contribution is -0.384. The van der Waals surface area contributed by atoms with Gasteiger partial charge in [-0.1, -0.05) is 0 Å². The van der Waals surface area contributed by atoms with Crippen molar-refractivity contribution in [3.63, 3.8) is 0 Å². The third-order valence-corrected chi connectivity index (χ3v) is 3.13. The molecule has 0 saturated carbocycles. The third kappa shape index (κ3) is 2.69. The van der Waals surface area contributed by atoms with Gasteiger partial charge < -0.3 is 9.32 Å². The number of benzene rings is 1. The molecule has 0 aliphatic rings. The number of aldehydes is 1. The molecule has 1 aromatic heterocycles. The molecule has 2 aromatic rings. The highest BCUT2D eigenvalue weighted by molar-refractivity contribution is 5.85. The molecule has 104 valence electrons. The Hall–Kier alpha value is -2.63. The zero-order chi connectivity index (χ0) is 14.7. The van der Waals surface area contributed by atoms with Crippen molar-refractivity contribution in [1.29, 1.82) is 0 Å². The minimum absolute atomic E-state index is 0.0938. The second kappa shape index (κ2) is 5.56. The third-order valence-electron chi connectivity index (χ3n) is 3.13. The van der Waals surface area contributed by atoms with Crippen LogP contribution >= 0.6 is 0 Å². The van der Waals surface area contributed by atoms with Gasteiger partial charge in [-0.2, -0.15) is 0 Å². The first-order valence-electron chi connectivity index (χ1n) is 6.00. The average Bonchev–Trinajstić information content (AvgIpc) is 2.83. The molecule has 0 saturated heterocycles. The molecule has 1 aromatic carbocycles. The van der Waals surface area contributed by atoms with Crippen LogP contribution in [-0.4, -0.2) is 18.3 Å². The molecule has 0 fully saturated rings. The van der Waals surface area contributed by atoms with Gasteiger partial charge in [0.1, 0.15) is 5.76 Å². The van der Waals surface area contributed by atoms with Gasteiger partial charge in [0.15, 0.2) is 6.29 Å². The monoisotopic (exact) mass is 274 g/mol. The summed E-state index contributed by atoms with van der Waals surface area (Å²) in [7, 11) is 1.82. The van der Waals surface area contributed by atoms with Crippen molar-refractivity contribution >= 4 is 17.7 Å². The molecule has 0 spiro atoms.